The number of amides is 5. The van der Waals surface area contributed by atoms with E-state index in [4.69, 9.17) is 24.4 Å². The largest absolute Gasteiger partial charge is 0.385 e. The average Bonchev–Trinajstić information content (AvgIpc) is 3.25. The maximum atomic E-state index is 12.6. The molecule has 0 bridgehead atoms. The first-order chi connectivity index (χ1) is 28.5. The Labute approximate surface area is 331 Å². The second kappa shape index (κ2) is 29.6. The summed E-state index contributed by atoms with van der Waals surface area (Å²) in [6, 6.07) is 12.2. The number of hydrogen-bond donors (Lipinski definition) is 5. The number of ether oxygens (including phenoxy) is 4. The molecule has 15 nitrogen and oxygen atoms in total. The summed E-state index contributed by atoms with van der Waals surface area (Å²) in [4.78, 5) is 74.2. The molecule has 2 rings (SSSR count). The number of carbonyl (C=O) groups is 6. The summed E-state index contributed by atoms with van der Waals surface area (Å²) >= 11 is 0. The first-order valence-electron chi connectivity index (χ1n) is 21.0. The van der Waals surface area contributed by atoms with Crippen LogP contribution in [0.25, 0.3) is 0 Å². The van der Waals surface area contributed by atoms with E-state index in [1.54, 1.807) is 24.3 Å². The van der Waals surface area contributed by atoms with Crippen LogP contribution in [0.5, 0.6) is 0 Å². The Morgan fingerprint density at radius 3 is 1.49 bits per heavy atom. The Bertz CT molecular complexity index is 1520. The van der Waals surface area contributed by atoms with E-state index in [-0.39, 0.29) is 98.8 Å². The summed E-state index contributed by atoms with van der Waals surface area (Å²) < 4.78 is 47.1. The van der Waals surface area contributed by atoms with Crippen LogP contribution in [0.15, 0.2) is 48.5 Å². The molecule has 2 atom stereocenters. The molecule has 0 aromatic heterocycles. The van der Waals surface area contributed by atoms with Crippen LogP contribution in [0.1, 0.15) is 83.3 Å². The first kappa shape index (κ1) is 41.5. The first-order valence-corrected chi connectivity index (χ1v) is 18.1. The third-order valence-corrected chi connectivity index (χ3v) is 8.00. The molecule has 0 aliphatic rings. The number of carbonyl (C=O) groups excluding carboxylic acids is 6. The minimum atomic E-state index is -1.07. The van der Waals surface area contributed by atoms with Gasteiger partial charge in [-0.2, -0.15) is 0 Å². The number of rotatable bonds is 26. The van der Waals surface area contributed by atoms with Crippen molar-refractivity contribution in [2.45, 2.75) is 70.9 Å². The lowest BCUT2D eigenvalue weighted by molar-refractivity contribution is -0.128. The number of nitrogens with one attached hydrogen (secondary N) is 5. The molecule has 5 amide bonds. The third-order valence-electron chi connectivity index (χ3n) is 8.00. The van der Waals surface area contributed by atoms with Crippen molar-refractivity contribution in [3.8, 4) is 0 Å². The number of methoxy groups -OCH3 is 4. The Balaban J connectivity index is 0.000000590. The molecule has 0 fully saturated rings. The van der Waals surface area contributed by atoms with Crippen LogP contribution in [0, 0.1) is 0 Å². The highest BCUT2D eigenvalue weighted by molar-refractivity contribution is 5.99. The smallest absolute Gasteiger partial charge is 0.251 e. The van der Waals surface area contributed by atoms with Gasteiger partial charge in [-0.3, -0.25) is 28.8 Å². The third kappa shape index (κ3) is 21.1. The maximum Gasteiger partial charge on any atom is 0.251 e. The summed E-state index contributed by atoms with van der Waals surface area (Å²) in [6.07, 6.45) is 2.62. The van der Waals surface area contributed by atoms with Gasteiger partial charge in [-0.1, -0.05) is 38.1 Å². The van der Waals surface area contributed by atoms with Crippen molar-refractivity contribution < 1.29 is 53.2 Å². The zero-order chi connectivity index (χ0) is 43.7. The monoisotopic (exact) mass is 775 g/mol. The van der Waals surface area contributed by atoms with E-state index in [2.05, 4.69) is 26.6 Å². The van der Waals surface area contributed by atoms with E-state index in [0.717, 1.165) is 24.0 Å². The normalized spacial score (nSPS) is 12.5. The number of hydrogen-bond acceptors (Lipinski definition) is 10. The lowest BCUT2D eigenvalue weighted by Gasteiger charge is -2.18. The predicted molar refractivity (Wildman–Crippen MR) is 209 cm³/mol. The quantitative estimate of drug-likeness (QED) is 0.0883. The number of aryl methyl sites for hydroxylation is 2. The molecule has 0 aliphatic carbocycles. The topological polar surface area (TPSA) is 199 Å². The molecule has 0 saturated carbocycles. The average molecular weight is 776 g/mol. The van der Waals surface area contributed by atoms with Crippen molar-refractivity contribution >= 4 is 35.3 Å². The molecule has 2 aromatic rings. The highest BCUT2D eigenvalue weighted by Crippen LogP contribution is 2.09. The summed E-state index contributed by atoms with van der Waals surface area (Å²) in [7, 11) is -0.741. The minimum Gasteiger partial charge on any atom is -0.385 e. The summed E-state index contributed by atoms with van der Waals surface area (Å²) in [5.41, 5.74) is 3.03. The fraction of sp³-hybridized carbons (Fsp3) is 0.550. The van der Waals surface area contributed by atoms with Gasteiger partial charge in [0.25, 0.3) is 11.8 Å². The van der Waals surface area contributed by atoms with Gasteiger partial charge < -0.3 is 45.5 Å². The Morgan fingerprint density at radius 2 is 1.02 bits per heavy atom. The molecule has 0 saturated heterocycles. The van der Waals surface area contributed by atoms with Crippen LogP contribution in [-0.2, 0) is 51.0 Å². The Hall–Kier alpha value is -4.70. The van der Waals surface area contributed by atoms with Crippen molar-refractivity contribution in [3.63, 3.8) is 0 Å². The highest BCUT2D eigenvalue weighted by Gasteiger charge is 2.25. The van der Waals surface area contributed by atoms with Gasteiger partial charge in [0.05, 0.1) is 31.7 Å². The molecular weight excluding hydrogens is 710 g/mol. The van der Waals surface area contributed by atoms with Crippen molar-refractivity contribution in [3.05, 3.63) is 70.8 Å². The molecule has 306 valence electrons. The molecule has 55 heavy (non-hydrogen) atoms. The van der Waals surface area contributed by atoms with Gasteiger partial charge in [0.15, 0.2) is 0 Å². The standard InChI is InChI=1S/C21H32N2O5.C19H29N3O5/c1-4-16-7-9-17(10-8-16)20(25)23-19(21(26)22-13-15-28-3)12-11-18(24)6-5-14-27-2;1-4-14-5-7-15(8-6-14)18(24)22-16(19(25)21-10-12-27-3)13-17(23)20-9-11-26-2/h7-10,19H,4-6,11-15H2,1-3H3,(H,22,26)(H,23,25);5-8,16H,4,9-13H2,1-3H3,(H,20,23)(H,21,25)(H,22,24)/t19-;16-/m00/s1/i2*2D,3D. The lowest BCUT2D eigenvalue weighted by atomic mass is 10.0. The van der Waals surface area contributed by atoms with Gasteiger partial charge >= 0.3 is 0 Å². The van der Waals surface area contributed by atoms with Gasteiger partial charge in [-0.15, -0.1) is 0 Å². The number of Topliss-reactive ketones (excluding diaryl/α,β-unsaturated/α-hetero) is 1. The number of benzene rings is 2. The Kier molecular flexibility index (Phi) is 22.3. The van der Waals surface area contributed by atoms with Crippen LogP contribution < -0.4 is 26.6 Å². The zero-order valence-corrected chi connectivity index (χ0v) is 32.1. The van der Waals surface area contributed by atoms with Crippen molar-refractivity contribution in [2.75, 3.05) is 74.4 Å². The number of ketones is 1. The van der Waals surface area contributed by atoms with Crippen LogP contribution in [0.4, 0.5) is 0 Å². The Morgan fingerprint density at radius 1 is 0.582 bits per heavy atom. The van der Waals surface area contributed by atoms with Gasteiger partial charge in [0.2, 0.25) is 17.7 Å². The van der Waals surface area contributed by atoms with E-state index >= 15 is 0 Å². The maximum absolute atomic E-state index is 12.6. The van der Waals surface area contributed by atoms with E-state index < -0.39 is 35.7 Å². The molecule has 2 aromatic carbocycles. The fourth-order valence-electron chi connectivity index (χ4n) is 4.81. The van der Waals surface area contributed by atoms with E-state index in [9.17, 15) is 28.8 Å². The van der Waals surface area contributed by atoms with Crippen LogP contribution in [0.2, 0.25) is 0 Å². The van der Waals surface area contributed by atoms with Crippen molar-refractivity contribution in [2.24, 2.45) is 0 Å². The zero-order valence-electron chi connectivity index (χ0n) is 36.1. The van der Waals surface area contributed by atoms with Gasteiger partial charge in [0.1, 0.15) is 17.9 Å². The molecule has 0 unspecified atom stereocenters. The van der Waals surface area contributed by atoms with Crippen LogP contribution >= 0.6 is 0 Å². The summed E-state index contributed by atoms with van der Waals surface area (Å²) in [6.45, 7) is 5.50. The molecule has 15 heteroatoms. The van der Waals surface area contributed by atoms with Gasteiger partial charge in [-0.25, -0.2) is 0 Å². The van der Waals surface area contributed by atoms with E-state index in [1.165, 1.54) is 0 Å². The lowest BCUT2D eigenvalue weighted by Crippen LogP contribution is -2.49. The minimum absolute atomic E-state index is 0.0273. The van der Waals surface area contributed by atoms with Crippen LogP contribution in [0.3, 0.4) is 0 Å². The molecular formula is C40H61N5O10. The molecule has 0 aliphatic heterocycles. The fourth-order valence-corrected chi connectivity index (χ4v) is 4.81. The second-order valence-corrected chi connectivity index (χ2v) is 12.1. The highest BCUT2D eigenvalue weighted by atomic mass is 16.5. The molecule has 5 N–H and O–H groups in total. The second-order valence-electron chi connectivity index (χ2n) is 12.1. The van der Waals surface area contributed by atoms with Gasteiger partial charge in [-0.05, 0) is 61.1 Å². The van der Waals surface area contributed by atoms with Crippen molar-refractivity contribution in [1.82, 2.24) is 26.6 Å². The van der Waals surface area contributed by atoms with Gasteiger partial charge in [0, 0.05) is 78.6 Å². The summed E-state index contributed by atoms with van der Waals surface area (Å²) in [5.74, 6) is -2.21. The molecule has 0 radical (unpaired) electrons. The van der Waals surface area contributed by atoms with E-state index in [0.29, 0.717) is 30.6 Å². The van der Waals surface area contributed by atoms with Crippen LogP contribution in [-0.4, -0.2) is 122 Å². The van der Waals surface area contributed by atoms with Crippen molar-refractivity contribution in [1.29, 1.82) is 0 Å². The summed E-state index contributed by atoms with van der Waals surface area (Å²) in [5, 5.41) is 13.1. The predicted octanol–water partition coefficient (Wildman–Crippen LogP) is 2.15. The SMILES string of the molecule is [2H]COCCCC(=O)CC[C@H](NC(=O)c1ccc(CC)cc1)C(=O)NCCOC[2H].[2H]COCCNC(=O)C[C@H](NC(=O)c1ccc(CC)cc1)C(=O)NCCOC[2H]. The van der Waals surface area contributed by atoms with E-state index in [1.807, 2.05) is 38.1 Å². The molecule has 0 heterocycles. The molecule has 0 spiro atoms.